The number of carbonyl (C=O) groups is 2. The third kappa shape index (κ3) is 3.19. The smallest absolute Gasteiger partial charge is 0.342 e. The summed E-state index contributed by atoms with van der Waals surface area (Å²) < 4.78 is 37.5. The average molecular weight is 278 g/mol. The van der Waals surface area contributed by atoms with E-state index in [0.29, 0.717) is 12.8 Å². The highest BCUT2D eigenvalue weighted by Gasteiger charge is 2.47. The number of hydrogen-bond acceptors (Lipinski definition) is 2. The topological polar surface area (TPSA) is 49.4 Å². The van der Waals surface area contributed by atoms with Gasteiger partial charge in [0.1, 0.15) is 12.1 Å². The van der Waals surface area contributed by atoms with E-state index in [2.05, 4.69) is 5.32 Å². The molecule has 1 aliphatic heterocycles. The van der Waals surface area contributed by atoms with Gasteiger partial charge in [-0.05, 0) is 12.8 Å². The predicted octanol–water partition coefficient (Wildman–Crippen LogP) is 1.60. The van der Waals surface area contributed by atoms with Gasteiger partial charge in [-0.2, -0.15) is 13.2 Å². The summed E-state index contributed by atoms with van der Waals surface area (Å²) in [6, 6.07) is 0. The van der Waals surface area contributed by atoms with Crippen LogP contribution in [0.3, 0.4) is 0 Å². The SMILES string of the molecule is O=C1CCN(CC(F)(F)F)C(=O)C2(CCCCC2)N1. The fraction of sp³-hybridized carbons (Fsp3) is 0.833. The Hall–Kier alpha value is -1.27. The lowest BCUT2D eigenvalue weighted by Gasteiger charge is -2.38. The molecule has 0 aromatic carbocycles. The fourth-order valence-corrected chi connectivity index (χ4v) is 2.89. The first-order chi connectivity index (χ1) is 8.82. The van der Waals surface area contributed by atoms with Crippen LogP contribution in [0.2, 0.25) is 0 Å². The zero-order valence-corrected chi connectivity index (χ0v) is 10.6. The van der Waals surface area contributed by atoms with Crippen molar-refractivity contribution < 1.29 is 22.8 Å². The Kier molecular flexibility index (Phi) is 3.73. The zero-order valence-electron chi connectivity index (χ0n) is 10.6. The highest BCUT2D eigenvalue weighted by Crippen LogP contribution is 2.32. The van der Waals surface area contributed by atoms with Crippen molar-refractivity contribution in [1.29, 1.82) is 0 Å². The third-order valence-corrected chi connectivity index (χ3v) is 3.76. The minimum absolute atomic E-state index is 0.0659. The molecule has 1 N–H and O–H groups in total. The maximum absolute atomic E-state index is 12.5. The van der Waals surface area contributed by atoms with Gasteiger partial charge < -0.3 is 10.2 Å². The van der Waals surface area contributed by atoms with Crippen LogP contribution in [0, 0.1) is 0 Å². The van der Waals surface area contributed by atoms with Crippen molar-refractivity contribution in [2.45, 2.75) is 50.2 Å². The molecule has 1 spiro atoms. The first kappa shape index (κ1) is 14.1. The van der Waals surface area contributed by atoms with Crippen molar-refractivity contribution in [1.82, 2.24) is 10.2 Å². The van der Waals surface area contributed by atoms with Gasteiger partial charge in [0.15, 0.2) is 0 Å². The number of carbonyl (C=O) groups excluding carboxylic acids is 2. The number of nitrogens with zero attached hydrogens (tertiary/aromatic N) is 1. The Bertz CT molecular complexity index is 376. The maximum atomic E-state index is 12.5. The van der Waals surface area contributed by atoms with Crippen LogP contribution in [0.1, 0.15) is 38.5 Å². The molecule has 2 amide bonds. The molecule has 0 atom stereocenters. The lowest BCUT2D eigenvalue weighted by atomic mass is 9.80. The summed E-state index contributed by atoms with van der Waals surface area (Å²) in [5.74, 6) is -0.907. The highest BCUT2D eigenvalue weighted by atomic mass is 19.4. The standard InChI is InChI=1S/C12H17F3N2O2/c13-12(14,15)8-17-7-4-9(18)16-11(10(17)19)5-2-1-3-6-11/h1-8H2,(H,16,18). The average Bonchev–Trinajstić information content (AvgIpc) is 2.42. The van der Waals surface area contributed by atoms with Crippen LogP contribution in [0.5, 0.6) is 0 Å². The van der Waals surface area contributed by atoms with E-state index in [0.717, 1.165) is 24.2 Å². The van der Waals surface area contributed by atoms with E-state index >= 15 is 0 Å². The Labute approximate surface area is 109 Å². The van der Waals surface area contributed by atoms with Crippen LogP contribution >= 0.6 is 0 Å². The number of amides is 2. The summed E-state index contributed by atoms with van der Waals surface area (Å²) in [6.45, 7) is -1.44. The third-order valence-electron chi connectivity index (χ3n) is 3.76. The Morgan fingerprint density at radius 2 is 1.79 bits per heavy atom. The normalized spacial score (nSPS) is 24.3. The molecule has 2 aliphatic rings. The molecule has 0 aromatic rings. The van der Waals surface area contributed by atoms with E-state index in [1.165, 1.54) is 0 Å². The zero-order chi connectivity index (χ0) is 14.1. The number of alkyl halides is 3. The van der Waals surface area contributed by atoms with Gasteiger partial charge in [0.05, 0.1) is 0 Å². The predicted molar refractivity (Wildman–Crippen MR) is 61.2 cm³/mol. The number of hydrogen-bond donors (Lipinski definition) is 1. The van der Waals surface area contributed by atoms with E-state index in [1.54, 1.807) is 0 Å². The monoisotopic (exact) mass is 278 g/mol. The van der Waals surface area contributed by atoms with E-state index < -0.39 is 24.2 Å². The Morgan fingerprint density at radius 1 is 1.16 bits per heavy atom. The van der Waals surface area contributed by atoms with E-state index in [4.69, 9.17) is 0 Å². The van der Waals surface area contributed by atoms with Crippen molar-refractivity contribution in [2.24, 2.45) is 0 Å². The first-order valence-corrected chi connectivity index (χ1v) is 6.50. The molecule has 108 valence electrons. The molecule has 0 bridgehead atoms. The van der Waals surface area contributed by atoms with Crippen molar-refractivity contribution in [3.63, 3.8) is 0 Å². The van der Waals surface area contributed by atoms with Crippen LogP contribution in [-0.4, -0.2) is 41.5 Å². The molecule has 0 unspecified atom stereocenters. The molecule has 1 saturated heterocycles. The molecule has 0 radical (unpaired) electrons. The summed E-state index contributed by atoms with van der Waals surface area (Å²) in [4.78, 5) is 24.8. The van der Waals surface area contributed by atoms with E-state index in [1.807, 2.05) is 0 Å². The van der Waals surface area contributed by atoms with Gasteiger partial charge in [0, 0.05) is 13.0 Å². The molecule has 7 heteroatoms. The van der Waals surface area contributed by atoms with Gasteiger partial charge in [0.25, 0.3) is 0 Å². The molecular formula is C12H17F3N2O2. The van der Waals surface area contributed by atoms with Gasteiger partial charge in [-0.15, -0.1) is 0 Å². The van der Waals surface area contributed by atoms with Crippen molar-refractivity contribution in [3.05, 3.63) is 0 Å². The van der Waals surface area contributed by atoms with E-state index in [9.17, 15) is 22.8 Å². The molecule has 1 heterocycles. The van der Waals surface area contributed by atoms with Crippen LogP contribution < -0.4 is 5.32 Å². The van der Waals surface area contributed by atoms with E-state index in [-0.39, 0.29) is 18.9 Å². The first-order valence-electron chi connectivity index (χ1n) is 6.50. The molecule has 4 nitrogen and oxygen atoms in total. The quantitative estimate of drug-likeness (QED) is 0.792. The molecule has 19 heavy (non-hydrogen) atoms. The Morgan fingerprint density at radius 3 is 2.37 bits per heavy atom. The minimum Gasteiger partial charge on any atom is -0.342 e. The Balaban J connectivity index is 2.22. The molecular weight excluding hydrogens is 261 g/mol. The van der Waals surface area contributed by atoms with Gasteiger partial charge in [0.2, 0.25) is 11.8 Å². The molecule has 1 aliphatic carbocycles. The molecule has 2 rings (SSSR count). The summed E-state index contributed by atoms with van der Waals surface area (Å²) in [5.41, 5.74) is -1.10. The second kappa shape index (κ2) is 5.02. The fourth-order valence-electron chi connectivity index (χ4n) is 2.89. The number of nitrogens with one attached hydrogen (secondary N) is 1. The van der Waals surface area contributed by atoms with Crippen LogP contribution in [0.25, 0.3) is 0 Å². The van der Waals surface area contributed by atoms with Gasteiger partial charge in [-0.25, -0.2) is 0 Å². The summed E-state index contributed by atoms with van der Waals surface area (Å²) >= 11 is 0. The molecule has 0 aromatic heterocycles. The summed E-state index contributed by atoms with van der Waals surface area (Å²) in [7, 11) is 0. The second-order valence-corrected chi connectivity index (χ2v) is 5.28. The number of rotatable bonds is 1. The lowest BCUT2D eigenvalue weighted by molar-refractivity contribution is -0.165. The largest absolute Gasteiger partial charge is 0.406 e. The molecule has 2 fully saturated rings. The van der Waals surface area contributed by atoms with Crippen LogP contribution in [-0.2, 0) is 9.59 Å². The minimum atomic E-state index is -4.43. The summed E-state index contributed by atoms with van der Waals surface area (Å²) in [6.07, 6.45) is -1.16. The van der Waals surface area contributed by atoms with Crippen molar-refractivity contribution >= 4 is 11.8 Å². The van der Waals surface area contributed by atoms with Gasteiger partial charge in [-0.1, -0.05) is 19.3 Å². The highest BCUT2D eigenvalue weighted by molar-refractivity contribution is 5.93. The second-order valence-electron chi connectivity index (χ2n) is 5.28. The van der Waals surface area contributed by atoms with Crippen molar-refractivity contribution in [2.75, 3.05) is 13.1 Å². The van der Waals surface area contributed by atoms with Crippen molar-refractivity contribution in [3.8, 4) is 0 Å². The summed E-state index contributed by atoms with van der Waals surface area (Å²) in [5, 5.41) is 2.66. The lowest BCUT2D eigenvalue weighted by Crippen LogP contribution is -2.59. The van der Waals surface area contributed by atoms with Crippen LogP contribution in [0.15, 0.2) is 0 Å². The number of halogens is 3. The molecule has 1 saturated carbocycles. The maximum Gasteiger partial charge on any atom is 0.406 e. The van der Waals surface area contributed by atoms with Gasteiger partial charge >= 0.3 is 6.18 Å². The van der Waals surface area contributed by atoms with Crippen LogP contribution in [0.4, 0.5) is 13.2 Å². The van der Waals surface area contributed by atoms with Gasteiger partial charge in [-0.3, -0.25) is 9.59 Å².